The zero-order valence-corrected chi connectivity index (χ0v) is 11.8. The van der Waals surface area contributed by atoms with E-state index in [0.29, 0.717) is 5.92 Å². The van der Waals surface area contributed by atoms with Crippen LogP contribution < -0.4 is 10.5 Å². The highest BCUT2D eigenvalue weighted by molar-refractivity contribution is 5.35. The summed E-state index contributed by atoms with van der Waals surface area (Å²) < 4.78 is 5.81. The van der Waals surface area contributed by atoms with E-state index in [0.717, 1.165) is 17.1 Å². The van der Waals surface area contributed by atoms with E-state index in [2.05, 4.69) is 26.0 Å². The Labute approximate surface area is 115 Å². The summed E-state index contributed by atoms with van der Waals surface area (Å²) in [5, 5.41) is 0. The Morgan fingerprint density at radius 1 is 0.737 bits per heavy atom. The van der Waals surface area contributed by atoms with Crippen LogP contribution in [0, 0.1) is 0 Å². The first kappa shape index (κ1) is 13.6. The predicted octanol–water partition coefficient (Wildman–Crippen LogP) is 4.62. The number of hydrogen-bond acceptors (Lipinski definition) is 2. The third kappa shape index (κ3) is 3.58. The highest BCUT2D eigenvalue weighted by Gasteiger charge is 2.02. The van der Waals surface area contributed by atoms with Crippen molar-refractivity contribution in [3.63, 3.8) is 0 Å². The smallest absolute Gasteiger partial charge is 0.127 e. The summed E-state index contributed by atoms with van der Waals surface area (Å²) in [7, 11) is 0. The molecule has 19 heavy (non-hydrogen) atoms. The van der Waals surface area contributed by atoms with E-state index in [4.69, 9.17) is 10.5 Å². The van der Waals surface area contributed by atoms with E-state index in [9.17, 15) is 0 Å². The van der Waals surface area contributed by atoms with Crippen LogP contribution in [0.2, 0.25) is 0 Å². The second-order valence-corrected chi connectivity index (χ2v) is 5.18. The molecule has 2 aromatic carbocycles. The molecule has 0 aliphatic rings. The van der Waals surface area contributed by atoms with Crippen LogP contribution in [0.4, 0.5) is 0 Å². The number of hydrogen-bond donors (Lipinski definition) is 1. The Hall–Kier alpha value is -1.80. The molecule has 0 saturated carbocycles. The van der Waals surface area contributed by atoms with Gasteiger partial charge in [0.05, 0.1) is 0 Å². The van der Waals surface area contributed by atoms with E-state index in [-0.39, 0.29) is 6.04 Å². The van der Waals surface area contributed by atoms with Gasteiger partial charge in [-0.25, -0.2) is 0 Å². The highest BCUT2D eigenvalue weighted by Crippen LogP contribution is 2.24. The Balaban J connectivity index is 2.08. The van der Waals surface area contributed by atoms with Crippen molar-refractivity contribution in [1.29, 1.82) is 0 Å². The summed E-state index contributed by atoms with van der Waals surface area (Å²) in [6.07, 6.45) is 0. The second kappa shape index (κ2) is 5.89. The van der Waals surface area contributed by atoms with Crippen molar-refractivity contribution in [3.8, 4) is 11.5 Å². The van der Waals surface area contributed by atoms with Crippen LogP contribution in [0.25, 0.3) is 0 Å². The zero-order valence-electron chi connectivity index (χ0n) is 11.8. The van der Waals surface area contributed by atoms with Gasteiger partial charge in [-0.05, 0) is 48.2 Å². The number of benzene rings is 2. The fraction of sp³-hybridized carbons (Fsp3) is 0.294. The van der Waals surface area contributed by atoms with Crippen LogP contribution in [-0.2, 0) is 0 Å². The van der Waals surface area contributed by atoms with Crippen LogP contribution in [0.3, 0.4) is 0 Å². The number of ether oxygens (including phenoxy) is 1. The van der Waals surface area contributed by atoms with E-state index in [1.54, 1.807) is 0 Å². The van der Waals surface area contributed by atoms with Gasteiger partial charge in [-0.3, -0.25) is 0 Å². The lowest BCUT2D eigenvalue weighted by Crippen LogP contribution is -2.04. The van der Waals surface area contributed by atoms with Gasteiger partial charge in [-0.15, -0.1) is 0 Å². The van der Waals surface area contributed by atoms with Crippen LogP contribution in [-0.4, -0.2) is 0 Å². The Kier molecular flexibility index (Phi) is 4.23. The lowest BCUT2D eigenvalue weighted by atomic mass is 10.0. The first-order valence-electron chi connectivity index (χ1n) is 6.69. The van der Waals surface area contributed by atoms with Gasteiger partial charge in [0, 0.05) is 6.04 Å². The number of rotatable bonds is 4. The molecule has 100 valence electrons. The van der Waals surface area contributed by atoms with Crippen LogP contribution in [0.1, 0.15) is 43.9 Å². The molecule has 2 nitrogen and oxygen atoms in total. The van der Waals surface area contributed by atoms with E-state index in [1.807, 2.05) is 43.3 Å². The minimum absolute atomic E-state index is 0.0550. The highest BCUT2D eigenvalue weighted by atomic mass is 16.5. The lowest BCUT2D eigenvalue weighted by molar-refractivity contribution is 0.482. The fourth-order valence-electron chi connectivity index (χ4n) is 1.90. The van der Waals surface area contributed by atoms with Crippen molar-refractivity contribution in [1.82, 2.24) is 0 Å². The molecule has 2 rings (SSSR count). The van der Waals surface area contributed by atoms with Crippen LogP contribution in [0.15, 0.2) is 48.5 Å². The molecule has 0 radical (unpaired) electrons. The molecule has 0 aliphatic heterocycles. The molecule has 0 aromatic heterocycles. The zero-order chi connectivity index (χ0) is 13.8. The second-order valence-electron chi connectivity index (χ2n) is 5.18. The standard InChI is InChI=1S/C17H21NO/c1-12(2)14-4-8-16(9-5-14)19-17-10-6-15(7-11-17)13(3)18/h4-13H,18H2,1-3H3/t13-/m1/s1. The van der Waals surface area contributed by atoms with Crippen molar-refractivity contribution >= 4 is 0 Å². The minimum atomic E-state index is 0.0550. The average Bonchev–Trinajstić information content (AvgIpc) is 2.40. The normalized spacial score (nSPS) is 12.5. The number of nitrogens with two attached hydrogens (primary N) is 1. The van der Waals surface area contributed by atoms with Gasteiger partial charge >= 0.3 is 0 Å². The van der Waals surface area contributed by atoms with Gasteiger partial charge in [0.1, 0.15) is 11.5 Å². The lowest BCUT2D eigenvalue weighted by Gasteiger charge is -2.10. The van der Waals surface area contributed by atoms with E-state index in [1.165, 1.54) is 5.56 Å². The average molecular weight is 255 g/mol. The molecule has 2 N–H and O–H groups in total. The summed E-state index contributed by atoms with van der Waals surface area (Å²) in [4.78, 5) is 0. The molecule has 0 unspecified atom stereocenters. The summed E-state index contributed by atoms with van der Waals surface area (Å²) >= 11 is 0. The molecular formula is C17H21NO. The van der Waals surface area contributed by atoms with E-state index < -0.39 is 0 Å². The summed E-state index contributed by atoms with van der Waals surface area (Å²) in [5.74, 6) is 2.24. The molecular weight excluding hydrogens is 234 g/mol. The molecule has 0 bridgehead atoms. The maximum Gasteiger partial charge on any atom is 0.127 e. The van der Waals surface area contributed by atoms with Gasteiger partial charge in [0.15, 0.2) is 0 Å². The van der Waals surface area contributed by atoms with Gasteiger partial charge in [0.2, 0.25) is 0 Å². The maximum atomic E-state index is 5.82. The molecule has 0 spiro atoms. The monoisotopic (exact) mass is 255 g/mol. The van der Waals surface area contributed by atoms with Gasteiger partial charge < -0.3 is 10.5 Å². The minimum Gasteiger partial charge on any atom is -0.457 e. The molecule has 0 aliphatic carbocycles. The molecule has 0 amide bonds. The summed E-state index contributed by atoms with van der Waals surface area (Å²) in [6, 6.07) is 16.2. The van der Waals surface area contributed by atoms with Crippen molar-refractivity contribution in [3.05, 3.63) is 59.7 Å². The third-order valence-corrected chi connectivity index (χ3v) is 3.19. The first-order valence-corrected chi connectivity index (χ1v) is 6.69. The molecule has 2 heteroatoms. The van der Waals surface area contributed by atoms with Gasteiger partial charge in [-0.2, -0.15) is 0 Å². The molecule has 0 fully saturated rings. The van der Waals surface area contributed by atoms with Crippen molar-refractivity contribution in [2.24, 2.45) is 5.73 Å². The summed E-state index contributed by atoms with van der Waals surface area (Å²) in [5.41, 5.74) is 8.25. The molecule has 0 saturated heterocycles. The van der Waals surface area contributed by atoms with Crippen molar-refractivity contribution in [2.75, 3.05) is 0 Å². The predicted molar refractivity (Wildman–Crippen MR) is 79.6 cm³/mol. The third-order valence-electron chi connectivity index (χ3n) is 3.19. The van der Waals surface area contributed by atoms with Gasteiger partial charge in [-0.1, -0.05) is 38.1 Å². The molecule has 2 aromatic rings. The largest absolute Gasteiger partial charge is 0.457 e. The van der Waals surface area contributed by atoms with Crippen molar-refractivity contribution < 1.29 is 4.74 Å². The Morgan fingerprint density at radius 3 is 1.53 bits per heavy atom. The van der Waals surface area contributed by atoms with Gasteiger partial charge in [0.25, 0.3) is 0 Å². The first-order chi connectivity index (χ1) is 9.06. The maximum absolute atomic E-state index is 5.82. The Bertz CT molecular complexity index is 462. The van der Waals surface area contributed by atoms with Crippen LogP contribution in [0.5, 0.6) is 11.5 Å². The van der Waals surface area contributed by atoms with Crippen LogP contribution >= 0.6 is 0 Å². The summed E-state index contributed by atoms with van der Waals surface area (Å²) in [6.45, 7) is 6.34. The van der Waals surface area contributed by atoms with Crippen molar-refractivity contribution in [2.45, 2.75) is 32.7 Å². The molecule has 1 atom stereocenters. The Morgan fingerprint density at radius 2 is 1.16 bits per heavy atom. The fourth-order valence-corrected chi connectivity index (χ4v) is 1.90. The topological polar surface area (TPSA) is 35.2 Å². The molecule has 0 heterocycles. The van der Waals surface area contributed by atoms with E-state index >= 15 is 0 Å². The quantitative estimate of drug-likeness (QED) is 0.865. The SMILES string of the molecule is CC(C)c1ccc(Oc2ccc([C@@H](C)N)cc2)cc1.